The van der Waals surface area contributed by atoms with Crippen molar-refractivity contribution in [2.75, 3.05) is 0 Å². The van der Waals surface area contributed by atoms with Crippen LogP contribution in [0.3, 0.4) is 0 Å². The molecule has 0 heteroatoms. The normalized spacial score (nSPS) is 27.4. The Morgan fingerprint density at radius 3 is 0.690 bits per heavy atom. The van der Waals surface area contributed by atoms with Gasteiger partial charge in [0.25, 0.3) is 0 Å². The average Bonchev–Trinajstić information content (AvgIpc) is 2.99. The van der Waals surface area contributed by atoms with Gasteiger partial charge < -0.3 is 0 Å². The van der Waals surface area contributed by atoms with Gasteiger partial charge in [-0.15, -0.1) is 0 Å². The van der Waals surface area contributed by atoms with Crippen molar-refractivity contribution < 1.29 is 0 Å². The van der Waals surface area contributed by atoms with Crippen LogP contribution < -0.4 is 0 Å². The molecule has 0 heterocycles. The van der Waals surface area contributed by atoms with E-state index in [9.17, 15) is 0 Å². The predicted octanol–water partition coefficient (Wildman–Crippen LogP) is 15.7. The standard InChI is InChI=1S/C42H82/c1-40-32-25-19-14-12-13-17-23-29-36-42(37-30-24-18-20-26-33-40)39-31-38-41-34-27-21-15-10-8-6-4-2-3-5-7-9-11-16-22-28-35-41/h40-42H,2-39H2,1H3. The van der Waals surface area contributed by atoms with E-state index in [0.717, 1.165) is 17.8 Å². The van der Waals surface area contributed by atoms with Gasteiger partial charge in [0.05, 0.1) is 0 Å². The van der Waals surface area contributed by atoms with Gasteiger partial charge in [-0.25, -0.2) is 0 Å². The molecule has 0 radical (unpaired) electrons. The van der Waals surface area contributed by atoms with Crippen molar-refractivity contribution in [3.8, 4) is 0 Å². The highest BCUT2D eigenvalue weighted by molar-refractivity contribution is 4.67. The van der Waals surface area contributed by atoms with E-state index < -0.39 is 0 Å². The Morgan fingerprint density at radius 2 is 0.452 bits per heavy atom. The largest absolute Gasteiger partial charge is 0.0625 e. The average molecular weight is 587 g/mol. The highest BCUT2D eigenvalue weighted by atomic mass is 14.2. The molecule has 2 rings (SSSR count). The molecule has 2 saturated carbocycles. The summed E-state index contributed by atoms with van der Waals surface area (Å²) in [5.41, 5.74) is 0. The topological polar surface area (TPSA) is 0 Å². The summed E-state index contributed by atoms with van der Waals surface area (Å²) < 4.78 is 0. The van der Waals surface area contributed by atoms with E-state index in [1.54, 1.807) is 38.5 Å². The van der Waals surface area contributed by atoms with Gasteiger partial charge in [-0.2, -0.15) is 0 Å². The third-order valence-corrected chi connectivity index (χ3v) is 11.6. The zero-order valence-electron chi connectivity index (χ0n) is 29.6. The van der Waals surface area contributed by atoms with Gasteiger partial charge in [-0.05, 0) is 17.8 Å². The molecule has 0 saturated heterocycles. The van der Waals surface area contributed by atoms with Crippen LogP contribution in [0, 0.1) is 17.8 Å². The van der Waals surface area contributed by atoms with Crippen LogP contribution in [0.2, 0.25) is 0 Å². The molecule has 0 aromatic rings. The smallest absolute Gasteiger partial charge is 0.0414 e. The van der Waals surface area contributed by atoms with Gasteiger partial charge in [0.1, 0.15) is 0 Å². The van der Waals surface area contributed by atoms with E-state index in [1.165, 1.54) is 205 Å². The van der Waals surface area contributed by atoms with Gasteiger partial charge in [0.2, 0.25) is 0 Å². The first kappa shape index (κ1) is 38.2. The molecule has 0 amide bonds. The predicted molar refractivity (Wildman–Crippen MR) is 192 cm³/mol. The van der Waals surface area contributed by atoms with Crippen molar-refractivity contribution >= 4 is 0 Å². The molecule has 2 fully saturated rings. The second-order valence-corrected chi connectivity index (χ2v) is 15.8. The van der Waals surface area contributed by atoms with Crippen LogP contribution in [0.1, 0.15) is 251 Å². The summed E-state index contributed by atoms with van der Waals surface area (Å²) in [5, 5.41) is 0. The Bertz CT molecular complexity index is 502. The number of rotatable bonds is 4. The number of hydrogen-bond donors (Lipinski definition) is 0. The molecule has 0 bridgehead atoms. The van der Waals surface area contributed by atoms with E-state index >= 15 is 0 Å². The van der Waals surface area contributed by atoms with Crippen molar-refractivity contribution in [2.45, 2.75) is 251 Å². The van der Waals surface area contributed by atoms with Gasteiger partial charge >= 0.3 is 0 Å². The lowest BCUT2D eigenvalue weighted by Crippen LogP contribution is -2.06. The van der Waals surface area contributed by atoms with Crippen LogP contribution in [0.5, 0.6) is 0 Å². The lowest BCUT2D eigenvalue weighted by Gasteiger charge is -2.21. The SMILES string of the molecule is CC1CCCCCCCCCCC(CCCC2CCCCCCCCCCCCCCCCCC2)CCCCCCC1. The summed E-state index contributed by atoms with van der Waals surface area (Å²) >= 11 is 0. The van der Waals surface area contributed by atoms with Crippen molar-refractivity contribution in [1.82, 2.24) is 0 Å². The molecule has 0 spiro atoms. The minimum atomic E-state index is 0.971. The molecular formula is C42H82. The third-order valence-electron chi connectivity index (χ3n) is 11.6. The summed E-state index contributed by atoms with van der Waals surface area (Å²) in [6.07, 6.45) is 57.4. The summed E-state index contributed by atoms with van der Waals surface area (Å²) in [7, 11) is 0. The van der Waals surface area contributed by atoms with Crippen LogP contribution in [0.25, 0.3) is 0 Å². The summed E-state index contributed by atoms with van der Waals surface area (Å²) in [4.78, 5) is 0. The van der Waals surface area contributed by atoms with Crippen LogP contribution in [0.15, 0.2) is 0 Å². The van der Waals surface area contributed by atoms with Crippen molar-refractivity contribution in [2.24, 2.45) is 17.8 Å². The van der Waals surface area contributed by atoms with E-state index in [0.29, 0.717) is 0 Å². The highest BCUT2D eigenvalue weighted by Gasteiger charge is 2.13. The minimum Gasteiger partial charge on any atom is -0.0625 e. The molecule has 2 unspecified atom stereocenters. The molecule has 2 atom stereocenters. The summed E-state index contributed by atoms with van der Waals surface area (Å²) in [6, 6.07) is 0. The summed E-state index contributed by atoms with van der Waals surface area (Å²) in [5.74, 6) is 3.05. The van der Waals surface area contributed by atoms with E-state index in [1.807, 2.05) is 0 Å². The van der Waals surface area contributed by atoms with Gasteiger partial charge in [-0.3, -0.25) is 0 Å². The lowest BCUT2D eigenvalue weighted by molar-refractivity contribution is 0.326. The maximum Gasteiger partial charge on any atom is -0.0414 e. The maximum atomic E-state index is 2.52. The Kier molecular flexibility index (Phi) is 27.0. The first-order valence-electron chi connectivity index (χ1n) is 20.8. The van der Waals surface area contributed by atoms with Crippen LogP contribution in [0.4, 0.5) is 0 Å². The van der Waals surface area contributed by atoms with Gasteiger partial charge in [-0.1, -0.05) is 251 Å². The lowest BCUT2D eigenvalue weighted by atomic mass is 9.85. The third kappa shape index (κ3) is 24.3. The van der Waals surface area contributed by atoms with Gasteiger partial charge in [0.15, 0.2) is 0 Å². The molecule has 2 aliphatic carbocycles. The zero-order chi connectivity index (χ0) is 29.6. The second-order valence-electron chi connectivity index (χ2n) is 15.8. The fourth-order valence-corrected chi connectivity index (χ4v) is 8.49. The first-order valence-corrected chi connectivity index (χ1v) is 20.8. The van der Waals surface area contributed by atoms with Crippen LogP contribution in [-0.4, -0.2) is 0 Å². The Balaban J connectivity index is 1.72. The molecule has 0 nitrogen and oxygen atoms in total. The molecular weight excluding hydrogens is 504 g/mol. The van der Waals surface area contributed by atoms with Crippen molar-refractivity contribution in [1.29, 1.82) is 0 Å². The summed E-state index contributed by atoms with van der Waals surface area (Å²) in [6.45, 7) is 2.52. The fourth-order valence-electron chi connectivity index (χ4n) is 8.49. The van der Waals surface area contributed by atoms with Crippen molar-refractivity contribution in [3.63, 3.8) is 0 Å². The first-order chi connectivity index (χ1) is 20.8. The van der Waals surface area contributed by atoms with E-state index in [-0.39, 0.29) is 0 Å². The Hall–Kier alpha value is 0. The monoisotopic (exact) mass is 587 g/mol. The van der Waals surface area contributed by atoms with Crippen LogP contribution >= 0.6 is 0 Å². The Labute approximate surface area is 268 Å². The number of hydrogen-bond acceptors (Lipinski definition) is 0. The van der Waals surface area contributed by atoms with Crippen LogP contribution in [-0.2, 0) is 0 Å². The van der Waals surface area contributed by atoms with Crippen molar-refractivity contribution in [3.05, 3.63) is 0 Å². The van der Waals surface area contributed by atoms with E-state index in [4.69, 9.17) is 0 Å². The molecule has 2 aliphatic rings. The maximum absolute atomic E-state index is 2.52. The molecule has 0 aliphatic heterocycles. The molecule has 42 heavy (non-hydrogen) atoms. The molecule has 0 aromatic heterocycles. The fraction of sp³-hybridized carbons (Fsp3) is 1.00. The molecule has 0 aromatic carbocycles. The molecule has 0 N–H and O–H groups in total. The second kappa shape index (κ2) is 29.7. The molecule has 250 valence electrons. The minimum absolute atomic E-state index is 0.971. The highest BCUT2D eigenvalue weighted by Crippen LogP contribution is 2.29. The zero-order valence-corrected chi connectivity index (χ0v) is 29.6. The van der Waals surface area contributed by atoms with E-state index in [2.05, 4.69) is 6.92 Å². The van der Waals surface area contributed by atoms with Gasteiger partial charge in [0, 0.05) is 0 Å². The Morgan fingerprint density at radius 1 is 0.262 bits per heavy atom. The quantitative estimate of drug-likeness (QED) is 0.307.